The average molecular weight is 242 g/mol. The zero-order valence-electron chi connectivity index (χ0n) is 9.78. The van der Waals surface area contributed by atoms with Crippen LogP contribution in [0.2, 0.25) is 0 Å². The van der Waals surface area contributed by atoms with Gasteiger partial charge in [-0.2, -0.15) is 0 Å². The summed E-state index contributed by atoms with van der Waals surface area (Å²) in [5.74, 6) is 0. The second-order valence-corrected chi connectivity index (χ2v) is 2.27. The second kappa shape index (κ2) is 16.7. The summed E-state index contributed by atoms with van der Waals surface area (Å²) in [6.45, 7) is 3.97. The fourth-order valence-corrected chi connectivity index (χ4v) is 0.763. The Kier molecular flexibility index (Phi) is 21.5. The first-order chi connectivity index (χ1) is 7.63. The highest BCUT2D eigenvalue weighted by atomic mass is 16.5. The lowest BCUT2D eigenvalue weighted by Gasteiger charge is -2.27. The lowest BCUT2D eigenvalue weighted by Crippen LogP contribution is -2.47. The number of carboxylic acid groups (broad SMARTS) is 1. The van der Waals surface area contributed by atoms with Gasteiger partial charge >= 0.3 is 0 Å². The van der Waals surface area contributed by atoms with Crippen molar-refractivity contribution in [2.24, 2.45) is 0 Å². The van der Waals surface area contributed by atoms with Crippen LogP contribution in [0.15, 0.2) is 0 Å². The minimum Gasteiger partial charge on any atom is -0.483 e. The zero-order valence-corrected chi connectivity index (χ0v) is 9.78. The van der Waals surface area contributed by atoms with E-state index in [1.807, 2.05) is 13.8 Å². The quantitative estimate of drug-likeness (QED) is 0.325. The zero-order chi connectivity index (χ0) is 13.6. The maximum atomic E-state index is 8.87. The Bertz CT molecular complexity index is 121. The van der Waals surface area contributed by atoms with Gasteiger partial charge in [0.05, 0.1) is 13.2 Å². The molecule has 0 spiro atoms. The summed E-state index contributed by atoms with van der Waals surface area (Å²) < 4.78 is 4.70. The monoisotopic (exact) mass is 242 g/mol. The molecule has 1 aliphatic heterocycles. The van der Waals surface area contributed by atoms with E-state index < -0.39 is 18.3 Å². The highest BCUT2D eigenvalue weighted by molar-refractivity contribution is 5.32. The van der Waals surface area contributed by atoms with Crippen LogP contribution < -0.4 is 0 Å². The lowest BCUT2D eigenvalue weighted by atomic mass is 10.1. The maximum Gasteiger partial charge on any atom is 0.290 e. The van der Waals surface area contributed by atoms with Crippen LogP contribution >= 0.6 is 0 Å². The van der Waals surface area contributed by atoms with Crippen molar-refractivity contribution in [2.45, 2.75) is 32.2 Å². The molecule has 7 heteroatoms. The number of hydrogen-bond donors (Lipinski definition) is 5. The Morgan fingerprint density at radius 3 is 1.50 bits per heavy atom. The molecule has 2 atom stereocenters. The molecule has 7 nitrogen and oxygen atoms in total. The Balaban J connectivity index is -0.000000206. The van der Waals surface area contributed by atoms with Gasteiger partial charge in [-0.05, 0) is 0 Å². The van der Waals surface area contributed by atoms with Crippen molar-refractivity contribution in [3.05, 3.63) is 0 Å². The van der Waals surface area contributed by atoms with Crippen LogP contribution in [-0.4, -0.2) is 70.6 Å². The summed E-state index contributed by atoms with van der Waals surface area (Å²) >= 11 is 0. The highest BCUT2D eigenvalue weighted by Crippen LogP contribution is 2.07. The van der Waals surface area contributed by atoms with Gasteiger partial charge in [0.1, 0.15) is 18.3 Å². The first-order valence-corrected chi connectivity index (χ1v) is 4.78. The van der Waals surface area contributed by atoms with Gasteiger partial charge in [-0.15, -0.1) is 0 Å². The van der Waals surface area contributed by atoms with Gasteiger partial charge in [0.2, 0.25) is 0 Å². The molecule has 0 bridgehead atoms. The van der Waals surface area contributed by atoms with Crippen LogP contribution in [0.3, 0.4) is 0 Å². The number of aliphatic hydroxyl groups excluding tert-OH is 4. The Labute approximate surface area is 94.9 Å². The second-order valence-electron chi connectivity index (χ2n) is 2.27. The molecule has 16 heavy (non-hydrogen) atoms. The van der Waals surface area contributed by atoms with Crippen LogP contribution in [-0.2, 0) is 9.53 Å². The molecule has 0 amide bonds. The molecule has 1 aliphatic rings. The number of hydrogen-bond acceptors (Lipinski definition) is 6. The van der Waals surface area contributed by atoms with Crippen LogP contribution in [0.1, 0.15) is 13.8 Å². The minimum atomic E-state index is -1.04. The molecule has 0 radical (unpaired) electrons. The van der Waals surface area contributed by atoms with Crippen LogP contribution in [0.5, 0.6) is 0 Å². The third kappa shape index (κ3) is 11.3. The van der Waals surface area contributed by atoms with Crippen molar-refractivity contribution < 1.29 is 35.1 Å². The number of aliphatic hydroxyl groups is 4. The van der Waals surface area contributed by atoms with E-state index in [0.29, 0.717) is 0 Å². The van der Waals surface area contributed by atoms with Crippen molar-refractivity contribution in [1.82, 2.24) is 0 Å². The number of carbonyl (C=O) groups is 1. The standard InChI is InChI=1S/C5H10O4.C2H6.CH2O2.CH4O/c6-3-1-9-2-4(7)5(3)8;1-2;2-1-3;1-2/h3-8H,1-2H2;1-2H3;1H,(H,2,3);2H,1H3. The van der Waals surface area contributed by atoms with Gasteiger partial charge in [0.25, 0.3) is 6.47 Å². The Morgan fingerprint density at radius 2 is 1.31 bits per heavy atom. The van der Waals surface area contributed by atoms with Gasteiger partial charge < -0.3 is 30.3 Å². The van der Waals surface area contributed by atoms with Crippen molar-refractivity contribution in [2.75, 3.05) is 20.3 Å². The fourth-order valence-electron chi connectivity index (χ4n) is 0.763. The molecule has 100 valence electrons. The molecule has 0 aliphatic carbocycles. The van der Waals surface area contributed by atoms with Gasteiger partial charge in [0.15, 0.2) is 0 Å². The van der Waals surface area contributed by atoms with Gasteiger partial charge in [-0.3, -0.25) is 4.79 Å². The van der Waals surface area contributed by atoms with Gasteiger partial charge in [0, 0.05) is 7.11 Å². The molecular weight excluding hydrogens is 220 g/mol. The smallest absolute Gasteiger partial charge is 0.290 e. The molecule has 1 heterocycles. The SMILES string of the molecule is CC.CO.O=CO.OC1COCC(O)C1O. The Hall–Kier alpha value is -0.730. The van der Waals surface area contributed by atoms with E-state index in [1.165, 1.54) is 0 Å². The Morgan fingerprint density at radius 1 is 1.06 bits per heavy atom. The summed E-state index contributed by atoms with van der Waals surface area (Å²) in [7, 11) is 1.00. The van der Waals surface area contributed by atoms with Crippen molar-refractivity contribution in [1.29, 1.82) is 0 Å². The fraction of sp³-hybridized carbons (Fsp3) is 0.889. The third-order valence-corrected chi connectivity index (χ3v) is 1.37. The molecule has 0 aromatic carbocycles. The summed E-state index contributed by atoms with van der Waals surface area (Å²) in [5.41, 5.74) is 0. The topological polar surface area (TPSA) is 127 Å². The molecule has 0 aromatic rings. The summed E-state index contributed by atoms with van der Waals surface area (Å²) in [6, 6.07) is 0. The average Bonchev–Trinajstić information content (AvgIpc) is 2.32. The molecule has 0 saturated carbocycles. The van der Waals surface area contributed by atoms with E-state index in [2.05, 4.69) is 0 Å². The maximum absolute atomic E-state index is 8.87. The van der Waals surface area contributed by atoms with E-state index >= 15 is 0 Å². The predicted octanol–water partition coefficient (Wildman–Crippen LogP) is -1.57. The number of rotatable bonds is 0. The summed E-state index contributed by atoms with van der Waals surface area (Å²) in [5, 5.41) is 40.4. The van der Waals surface area contributed by atoms with E-state index in [4.69, 9.17) is 35.1 Å². The molecule has 2 unspecified atom stereocenters. The lowest BCUT2D eigenvalue weighted by molar-refractivity contribution is -0.150. The third-order valence-electron chi connectivity index (χ3n) is 1.37. The predicted molar refractivity (Wildman–Crippen MR) is 57.0 cm³/mol. The normalized spacial score (nSPS) is 26.8. The molecule has 0 aromatic heterocycles. The van der Waals surface area contributed by atoms with Crippen LogP contribution in [0.25, 0.3) is 0 Å². The summed E-state index contributed by atoms with van der Waals surface area (Å²) in [4.78, 5) is 8.36. The van der Waals surface area contributed by atoms with E-state index in [0.717, 1.165) is 7.11 Å². The molecule has 1 fully saturated rings. The van der Waals surface area contributed by atoms with E-state index in [-0.39, 0.29) is 19.7 Å². The van der Waals surface area contributed by atoms with Crippen molar-refractivity contribution >= 4 is 6.47 Å². The van der Waals surface area contributed by atoms with Crippen molar-refractivity contribution in [3.8, 4) is 0 Å². The van der Waals surface area contributed by atoms with Crippen molar-refractivity contribution in [3.63, 3.8) is 0 Å². The number of ether oxygens (including phenoxy) is 1. The molecule has 1 rings (SSSR count). The van der Waals surface area contributed by atoms with Gasteiger partial charge in [-0.1, -0.05) is 13.8 Å². The van der Waals surface area contributed by atoms with Crippen LogP contribution in [0, 0.1) is 0 Å². The first-order valence-electron chi connectivity index (χ1n) is 4.78. The highest BCUT2D eigenvalue weighted by Gasteiger charge is 2.29. The first kappa shape index (κ1) is 20.7. The van der Waals surface area contributed by atoms with E-state index in [1.54, 1.807) is 0 Å². The largest absolute Gasteiger partial charge is 0.483 e. The molecular formula is C9H22O7. The molecule has 5 N–H and O–H groups in total. The van der Waals surface area contributed by atoms with E-state index in [9.17, 15) is 0 Å². The minimum absolute atomic E-state index is 0.109. The van der Waals surface area contributed by atoms with Gasteiger partial charge in [-0.25, -0.2) is 0 Å². The van der Waals surface area contributed by atoms with Crippen LogP contribution in [0.4, 0.5) is 0 Å². The molecule has 1 saturated heterocycles. The summed E-state index contributed by atoms with van der Waals surface area (Å²) in [6.07, 6.45) is -2.92.